The number of hydrogen-bond acceptors (Lipinski definition) is 4. The van der Waals surface area contributed by atoms with Crippen LogP contribution >= 0.6 is 12.4 Å². The number of anilines is 1. The average molecular weight is 271 g/mol. The van der Waals surface area contributed by atoms with Crippen molar-refractivity contribution in [3.63, 3.8) is 0 Å². The first-order valence-corrected chi connectivity index (χ1v) is 6.38. The summed E-state index contributed by atoms with van der Waals surface area (Å²) in [6, 6.07) is 4.30. The van der Waals surface area contributed by atoms with Crippen LogP contribution in [0.15, 0.2) is 18.3 Å². The molecule has 1 aliphatic rings. The molecule has 18 heavy (non-hydrogen) atoms. The van der Waals surface area contributed by atoms with Gasteiger partial charge in [0, 0.05) is 52.5 Å². The first-order chi connectivity index (χ1) is 8.29. The van der Waals surface area contributed by atoms with Crippen LogP contribution in [0.4, 0.5) is 5.82 Å². The predicted molar refractivity (Wildman–Crippen MR) is 78.6 cm³/mol. The molecule has 0 amide bonds. The van der Waals surface area contributed by atoms with Crippen LogP contribution in [0, 0.1) is 0 Å². The zero-order valence-corrected chi connectivity index (χ0v) is 12.0. The minimum Gasteiger partial charge on any atom is -0.360 e. The molecule has 1 saturated heterocycles. The number of halogens is 1. The lowest BCUT2D eigenvalue weighted by Crippen LogP contribution is -2.42. The molecule has 0 bridgehead atoms. The van der Waals surface area contributed by atoms with Crippen molar-refractivity contribution >= 4 is 18.2 Å². The highest BCUT2D eigenvalue weighted by Gasteiger charge is 2.10. The molecule has 0 atom stereocenters. The molecule has 0 saturated carbocycles. The van der Waals surface area contributed by atoms with E-state index in [1.807, 2.05) is 6.20 Å². The first kappa shape index (κ1) is 15.2. The van der Waals surface area contributed by atoms with Gasteiger partial charge >= 0.3 is 0 Å². The van der Waals surface area contributed by atoms with E-state index in [1.165, 1.54) is 5.56 Å². The van der Waals surface area contributed by atoms with Crippen LogP contribution in [-0.2, 0) is 6.54 Å². The molecule has 0 radical (unpaired) electrons. The van der Waals surface area contributed by atoms with E-state index in [0.29, 0.717) is 0 Å². The lowest BCUT2D eigenvalue weighted by atomic mass is 10.2. The topological polar surface area (TPSA) is 31.4 Å². The third-order valence-corrected chi connectivity index (χ3v) is 3.29. The smallest absolute Gasteiger partial charge is 0.128 e. The maximum absolute atomic E-state index is 4.50. The Balaban J connectivity index is 0.00000162. The lowest BCUT2D eigenvalue weighted by Gasteiger charge is -2.27. The molecule has 5 heteroatoms. The monoisotopic (exact) mass is 270 g/mol. The Morgan fingerprint density at radius 3 is 2.61 bits per heavy atom. The predicted octanol–water partition coefficient (Wildman–Crippen LogP) is 1.36. The summed E-state index contributed by atoms with van der Waals surface area (Å²) in [5, 5.41) is 3.37. The fourth-order valence-electron chi connectivity index (χ4n) is 2.03. The van der Waals surface area contributed by atoms with Crippen molar-refractivity contribution in [3.05, 3.63) is 23.9 Å². The van der Waals surface area contributed by atoms with Gasteiger partial charge in [-0.25, -0.2) is 4.98 Å². The van der Waals surface area contributed by atoms with E-state index >= 15 is 0 Å². The van der Waals surface area contributed by atoms with Crippen molar-refractivity contribution in [2.75, 3.05) is 44.7 Å². The van der Waals surface area contributed by atoms with Crippen molar-refractivity contribution in [2.45, 2.75) is 13.5 Å². The summed E-state index contributed by atoms with van der Waals surface area (Å²) in [6.45, 7) is 8.62. The van der Waals surface area contributed by atoms with Crippen molar-refractivity contribution in [1.29, 1.82) is 0 Å². The van der Waals surface area contributed by atoms with Crippen LogP contribution in [0.5, 0.6) is 0 Å². The Morgan fingerprint density at radius 1 is 1.33 bits per heavy atom. The van der Waals surface area contributed by atoms with Crippen LogP contribution in [-0.4, -0.2) is 49.7 Å². The van der Waals surface area contributed by atoms with E-state index in [0.717, 1.165) is 45.1 Å². The van der Waals surface area contributed by atoms with E-state index in [-0.39, 0.29) is 12.4 Å². The number of aromatic nitrogens is 1. The number of hydrogen-bond donors (Lipinski definition) is 1. The molecular formula is C13H23ClN4. The van der Waals surface area contributed by atoms with Crippen LogP contribution in [0.25, 0.3) is 0 Å². The molecule has 0 aromatic carbocycles. The van der Waals surface area contributed by atoms with Crippen molar-refractivity contribution < 1.29 is 0 Å². The van der Waals surface area contributed by atoms with Gasteiger partial charge in [-0.05, 0) is 18.6 Å². The molecule has 1 aliphatic heterocycles. The Bertz CT molecular complexity index is 335. The Morgan fingerprint density at radius 2 is 2.06 bits per heavy atom. The number of nitrogens with one attached hydrogen (secondary N) is 1. The van der Waals surface area contributed by atoms with Gasteiger partial charge in [-0.2, -0.15) is 0 Å². The highest BCUT2D eigenvalue weighted by molar-refractivity contribution is 5.85. The van der Waals surface area contributed by atoms with Crippen molar-refractivity contribution in [3.8, 4) is 0 Å². The van der Waals surface area contributed by atoms with Gasteiger partial charge in [-0.15, -0.1) is 12.4 Å². The molecule has 1 aromatic heterocycles. The first-order valence-electron chi connectivity index (χ1n) is 6.38. The molecule has 2 heterocycles. The molecule has 0 unspecified atom stereocenters. The molecule has 2 rings (SSSR count). The third-order valence-electron chi connectivity index (χ3n) is 3.29. The fraction of sp³-hybridized carbons (Fsp3) is 0.615. The number of nitrogens with zero attached hydrogens (tertiary/aromatic N) is 3. The number of pyridine rings is 1. The van der Waals surface area contributed by atoms with Crippen LogP contribution in [0.1, 0.15) is 12.5 Å². The van der Waals surface area contributed by atoms with Crippen LogP contribution < -0.4 is 10.2 Å². The van der Waals surface area contributed by atoms with Gasteiger partial charge in [0.15, 0.2) is 0 Å². The SMILES string of the molecule is CCN(C)c1ccc(CN2CCNCC2)cn1.Cl. The molecule has 1 aromatic rings. The summed E-state index contributed by atoms with van der Waals surface area (Å²) >= 11 is 0. The molecule has 0 aliphatic carbocycles. The highest BCUT2D eigenvalue weighted by atomic mass is 35.5. The quantitative estimate of drug-likeness (QED) is 0.895. The van der Waals surface area contributed by atoms with E-state index in [9.17, 15) is 0 Å². The number of rotatable bonds is 4. The second kappa shape index (κ2) is 7.56. The summed E-state index contributed by atoms with van der Waals surface area (Å²) in [6.07, 6.45) is 2.00. The van der Waals surface area contributed by atoms with Gasteiger partial charge in [0.2, 0.25) is 0 Å². The van der Waals surface area contributed by atoms with Gasteiger partial charge < -0.3 is 10.2 Å². The fourth-order valence-corrected chi connectivity index (χ4v) is 2.03. The summed E-state index contributed by atoms with van der Waals surface area (Å²) in [7, 11) is 2.07. The van der Waals surface area contributed by atoms with Gasteiger partial charge in [-0.3, -0.25) is 4.90 Å². The van der Waals surface area contributed by atoms with E-state index in [2.05, 4.69) is 46.2 Å². The Hall–Kier alpha value is -0.840. The highest BCUT2D eigenvalue weighted by Crippen LogP contribution is 2.11. The summed E-state index contributed by atoms with van der Waals surface area (Å²) in [5.41, 5.74) is 1.31. The van der Waals surface area contributed by atoms with Gasteiger partial charge in [0.05, 0.1) is 0 Å². The Kier molecular flexibility index (Phi) is 6.39. The van der Waals surface area contributed by atoms with Crippen LogP contribution in [0.2, 0.25) is 0 Å². The van der Waals surface area contributed by atoms with Gasteiger partial charge in [-0.1, -0.05) is 6.07 Å². The van der Waals surface area contributed by atoms with Crippen LogP contribution in [0.3, 0.4) is 0 Å². The minimum atomic E-state index is 0. The zero-order chi connectivity index (χ0) is 12.1. The van der Waals surface area contributed by atoms with Crippen molar-refractivity contribution in [1.82, 2.24) is 15.2 Å². The second-order valence-corrected chi connectivity index (χ2v) is 4.56. The maximum Gasteiger partial charge on any atom is 0.128 e. The lowest BCUT2D eigenvalue weighted by molar-refractivity contribution is 0.233. The second-order valence-electron chi connectivity index (χ2n) is 4.56. The van der Waals surface area contributed by atoms with E-state index < -0.39 is 0 Å². The third kappa shape index (κ3) is 4.12. The normalized spacial score (nSPS) is 16.1. The summed E-state index contributed by atoms with van der Waals surface area (Å²) in [4.78, 5) is 9.11. The summed E-state index contributed by atoms with van der Waals surface area (Å²) < 4.78 is 0. The van der Waals surface area contributed by atoms with Gasteiger partial charge in [0.25, 0.3) is 0 Å². The molecule has 0 spiro atoms. The number of piperazine rings is 1. The average Bonchev–Trinajstić information content (AvgIpc) is 2.40. The standard InChI is InChI=1S/C13H22N4.ClH/c1-3-16(2)13-5-4-12(10-15-13)11-17-8-6-14-7-9-17;/h4-5,10,14H,3,6-9,11H2,1-2H3;1H. The Labute approximate surface area is 116 Å². The largest absolute Gasteiger partial charge is 0.360 e. The van der Waals surface area contributed by atoms with Gasteiger partial charge in [0.1, 0.15) is 5.82 Å². The molecule has 1 N–H and O–H groups in total. The minimum absolute atomic E-state index is 0. The van der Waals surface area contributed by atoms with Crippen molar-refractivity contribution in [2.24, 2.45) is 0 Å². The molecule has 4 nitrogen and oxygen atoms in total. The molecule has 102 valence electrons. The zero-order valence-electron chi connectivity index (χ0n) is 11.2. The molecular weight excluding hydrogens is 248 g/mol. The van der Waals surface area contributed by atoms with E-state index in [4.69, 9.17) is 0 Å². The summed E-state index contributed by atoms with van der Waals surface area (Å²) in [5.74, 6) is 1.05. The molecule has 1 fully saturated rings. The van der Waals surface area contributed by atoms with E-state index in [1.54, 1.807) is 0 Å². The maximum atomic E-state index is 4.50.